The minimum absolute atomic E-state index is 0.143. The summed E-state index contributed by atoms with van der Waals surface area (Å²) >= 11 is 1.63. The first kappa shape index (κ1) is 15.4. The molecule has 1 atom stereocenters. The summed E-state index contributed by atoms with van der Waals surface area (Å²) in [5.74, 6) is 1.39. The Morgan fingerprint density at radius 2 is 1.83 bits per heavy atom. The minimum atomic E-state index is 0.143. The quantitative estimate of drug-likeness (QED) is 0.725. The summed E-state index contributed by atoms with van der Waals surface area (Å²) in [5, 5.41) is 6.15. The fourth-order valence-corrected chi connectivity index (χ4v) is 3.72. The molecular formula is C18H20N4OS. The zero-order valence-electron chi connectivity index (χ0n) is 13.6. The van der Waals surface area contributed by atoms with E-state index in [-0.39, 0.29) is 6.04 Å². The number of rotatable bonds is 4. The molecule has 5 nitrogen and oxygen atoms in total. The zero-order chi connectivity index (χ0) is 16.4. The van der Waals surface area contributed by atoms with Crippen molar-refractivity contribution < 1.29 is 4.52 Å². The maximum Gasteiger partial charge on any atom is 0.244 e. The summed E-state index contributed by atoms with van der Waals surface area (Å²) in [6, 6.07) is 14.7. The average Bonchev–Trinajstić information content (AvgIpc) is 3.33. The summed E-state index contributed by atoms with van der Waals surface area (Å²) in [5.41, 5.74) is 1.29. The molecule has 24 heavy (non-hydrogen) atoms. The second-order valence-corrected chi connectivity index (χ2v) is 6.92. The third kappa shape index (κ3) is 3.07. The molecule has 0 saturated carbocycles. The molecule has 3 heterocycles. The Labute approximate surface area is 145 Å². The first-order valence-corrected chi connectivity index (χ1v) is 9.11. The standard InChI is InChI=1S/C18H20N4OS/c1-14(18-19-17(20-23-18)16-8-5-13-24-16)21-9-11-22(12-10-21)15-6-3-2-4-7-15/h2-8,13-14H,9-12H2,1H3. The molecule has 3 aromatic rings. The van der Waals surface area contributed by atoms with E-state index < -0.39 is 0 Å². The molecule has 0 radical (unpaired) electrons. The van der Waals surface area contributed by atoms with Crippen molar-refractivity contribution in [1.82, 2.24) is 15.0 Å². The van der Waals surface area contributed by atoms with Crippen molar-refractivity contribution in [3.63, 3.8) is 0 Å². The molecule has 0 aliphatic carbocycles. The molecule has 1 saturated heterocycles. The SMILES string of the molecule is CC(c1nc(-c2cccs2)no1)N1CCN(c2ccccc2)CC1. The molecule has 0 bridgehead atoms. The molecule has 0 amide bonds. The Hall–Kier alpha value is -2.18. The minimum Gasteiger partial charge on any atom is -0.369 e. The molecule has 0 N–H and O–H groups in total. The molecule has 4 rings (SSSR count). The fourth-order valence-electron chi connectivity index (χ4n) is 3.07. The Morgan fingerprint density at radius 1 is 1.04 bits per heavy atom. The lowest BCUT2D eigenvalue weighted by Crippen LogP contribution is -2.47. The predicted octanol–water partition coefficient (Wildman–Crippen LogP) is 3.68. The van der Waals surface area contributed by atoms with Gasteiger partial charge in [0.15, 0.2) is 0 Å². The highest BCUT2D eigenvalue weighted by Crippen LogP contribution is 2.26. The Morgan fingerprint density at radius 3 is 2.54 bits per heavy atom. The monoisotopic (exact) mass is 340 g/mol. The largest absolute Gasteiger partial charge is 0.369 e. The lowest BCUT2D eigenvalue weighted by atomic mass is 10.2. The number of hydrogen-bond donors (Lipinski definition) is 0. The van der Waals surface area contributed by atoms with E-state index in [9.17, 15) is 0 Å². The van der Waals surface area contributed by atoms with Gasteiger partial charge in [-0.05, 0) is 30.5 Å². The fraction of sp³-hybridized carbons (Fsp3) is 0.333. The van der Waals surface area contributed by atoms with Gasteiger partial charge in [0.05, 0.1) is 10.9 Å². The summed E-state index contributed by atoms with van der Waals surface area (Å²) in [7, 11) is 0. The number of benzene rings is 1. The van der Waals surface area contributed by atoms with Crippen LogP contribution in [0.4, 0.5) is 5.69 Å². The second-order valence-electron chi connectivity index (χ2n) is 5.97. The summed E-state index contributed by atoms with van der Waals surface area (Å²) in [4.78, 5) is 10.5. The van der Waals surface area contributed by atoms with Crippen molar-refractivity contribution >= 4 is 17.0 Å². The molecule has 1 aromatic carbocycles. The van der Waals surface area contributed by atoms with Gasteiger partial charge in [0.2, 0.25) is 11.7 Å². The summed E-state index contributed by atoms with van der Waals surface area (Å²) in [6.07, 6.45) is 0. The third-order valence-electron chi connectivity index (χ3n) is 4.52. The first-order valence-electron chi connectivity index (χ1n) is 8.23. The van der Waals surface area contributed by atoms with E-state index in [2.05, 4.69) is 57.2 Å². The van der Waals surface area contributed by atoms with Crippen molar-refractivity contribution in [3.8, 4) is 10.7 Å². The van der Waals surface area contributed by atoms with Crippen LogP contribution in [-0.2, 0) is 0 Å². The van der Waals surface area contributed by atoms with Gasteiger partial charge in [0.25, 0.3) is 0 Å². The third-order valence-corrected chi connectivity index (χ3v) is 5.39. The molecule has 2 aromatic heterocycles. The van der Waals surface area contributed by atoms with Gasteiger partial charge in [0, 0.05) is 31.9 Å². The number of nitrogens with zero attached hydrogens (tertiary/aromatic N) is 4. The number of thiophene rings is 1. The molecule has 6 heteroatoms. The van der Waals surface area contributed by atoms with Crippen molar-refractivity contribution in [3.05, 3.63) is 53.7 Å². The smallest absolute Gasteiger partial charge is 0.244 e. The molecule has 124 valence electrons. The van der Waals surface area contributed by atoms with Gasteiger partial charge in [-0.15, -0.1) is 11.3 Å². The van der Waals surface area contributed by atoms with Gasteiger partial charge in [-0.1, -0.05) is 29.4 Å². The van der Waals surface area contributed by atoms with Crippen LogP contribution >= 0.6 is 11.3 Å². The van der Waals surface area contributed by atoms with Gasteiger partial charge in [-0.25, -0.2) is 0 Å². The number of hydrogen-bond acceptors (Lipinski definition) is 6. The zero-order valence-corrected chi connectivity index (χ0v) is 14.4. The van der Waals surface area contributed by atoms with E-state index in [0.29, 0.717) is 11.7 Å². The number of anilines is 1. The molecule has 1 aliphatic heterocycles. The van der Waals surface area contributed by atoms with Crippen LogP contribution in [0.5, 0.6) is 0 Å². The Bertz CT molecular complexity index is 763. The molecule has 0 spiro atoms. The topological polar surface area (TPSA) is 45.4 Å². The van der Waals surface area contributed by atoms with E-state index in [4.69, 9.17) is 4.52 Å². The van der Waals surface area contributed by atoms with Crippen molar-refractivity contribution in [1.29, 1.82) is 0 Å². The van der Waals surface area contributed by atoms with Crippen LogP contribution in [0.25, 0.3) is 10.7 Å². The van der Waals surface area contributed by atoms with Crippen LogP contribution in [0.1, 0.15) is 18.9 Å². The van der Waals surface area contributed by atoms with Crippen LogP contribution in [0.3, 0.4) is 0 Å². The second kappa shape index (κ2) is 6.75. The van der Waals surface area contributed by atoms with Gasteiger partial charge >= 0.3 is 0 Å². The van der Waals surface area contributed by atoms with Crippen LogP contribution in [0, 0.1) is 0 Å². The van der Waals surface area contributed by atoms with Gasteiger partial charge in [0.1, 0.15) is 0 Å². The maximum absolute atomic E-state index is 5.51. The summed E-state index contributed by atoms with van der Waals surface area (Å²) in [6.45, 7) is 6.16. The molecule has 1 aliphatic rings. The Kier molecular flexibility index (Phi) is 4.32. The highest BCUT2D eigenvalue weighted by Gasteiger charge is 2.26. The normalized spacial score (nSPS) is 17.1. The summed E-state index contributed by atoms with van der Waals surface area (Å²) < 4.78 is 5.51. The van der Waals surface area contributed by atoms with E-state index in [1.165, 1.54) is 5.69 Å². The highest BCUT2D eigenvalue weighted by molar-refractivity contribution is 7.13. The maximum atomic E-state index is 5.51. The van der Waals surface area contributed by atoms with Gasteiger partial charge in [-0.2, -0.15) is 4.98 Å². The predicted molar refractivity (Wildman–Crippen MR) is 96.3 cm³/mol. The number of piperazine rings is 1. The van der Waals surface area contributed by atoms with E-state index in [0.717, 1.165) is 31.1 Å². The highest BCUT2D eigenvalue weighted by atomic mass is 32.1. The average molecular weight is 340 g/mol. The molecule has 1 fully saturated rings. The lowest BCUT2D eigenvalue weighted by Gasteiger charge is -2.38. The van der Waals surface area contributed by atoms with Gasteiger partial charge < -0.3 is 9.42 Å². The number of para-hydroxylation sites is 1. The molecular weight excluding hydrogens is 320 g/mol. The lowest BCUT2D eigenvalue weighted by molar-refractivity contribution is 0.164. The van der Waals surface area contributed by atoms with Crippen molar-refractivity contribution in [2.45, 2.75) is 13.0 Å². The van der Waals surface area contributed by atoms with E-state index in [1.807, 2.05) is 17.5 Å². The van der Waals surface area contributed by atoms with Crippen molar-refractivity contribution in [2.24, 2.45) is 0 Å². The first-order chi connectivity index (χ1) is 11.8. The van der Waals surface area contributed by atoms with Crippen molar-refractivity contribution in [2.75, 3.05) is 31.1 Å². The van der Waals surface area contributed by atoms with Crippen LogP contribution in [0.2, 0.25) is 0 Å². The number of aromatic nitrogens is 2. The van der Waals surface area contributed by atoms with Crippen LogP contribution in [0.15, 0.2) is 52.4 Å². The van der Waals surface area contributed by atoms with Crippen LogP contribution in [-0.4, -0.2) is 41.2 Å². The van der Waals surface area contributed by atoms with Gasteiger partial charge in [-0.3, -0.25) is 4.90 Å². The van der Waals surface area contributed by atoms with E-state index >= 15 is 0 Å². The van der Waals surface area contributed by atoms with E-state index in [1.54, 1.807) is 11.3 Å². The Balaban J connectivity index is 1.40. The molecule has 1 unspecified atom stereocenters. The van der Waals surface area contributed by atoms with Crippen LogP contribution < -0.4 is 4.90 Å².